The van der Waals surface area contributed by atoms with E-state index in [1.54, 1.807) is 30.3 Å². The number of carbonyl (C=O) groups excluding carboxylic acids is 2. The molecule has 0 spiro atoms. The fourth-order valence-electron chi connectivity index (χ4n) is 6.31. The number of rotatable bonds is 8. The van der Waals surface area contributed by atoms with E-state index >= 15 is 0 Å². The Morgan fingerprint density at radius 3 is 1.91 bits per heavy atom. The van der Waals surface area contributed by atoms with Gasteiger partial charge in [-0.05, 0) is 78.7 Å². The summed E-state index contributed by atoms with van der Waals surface area (Å²) in [5.41, 5.74) is -0.227. The Labute approximate surface area is 270 Å². The second-order valence-corrected chi connectivity index (χ2v) is 11.1. The van der Waals surface area contributed by atoms with Gasteiger partial charge >= 0.3 is 12.0 Å². The number of halogens is 1. The first-order chi connectivity index (χ1) is 22.6. The number of Topliss-reactive ketones (excluding diaryl/α,β-unsaturated/α-hetero) is 1. The van der Waals surface area contributed by atoms with Crippen molar-refractivity contribution in [2.24, 2.45) is 5.92 Å². The molecular formula is C36H29FN4O6. The molecule has 11 heteroatoms. The third-order valence-electron chi connectivity index (χ3n) is 8.58. The van der Waals surface area contributed by atoms with Crippen LogP contribution in [0.1, 0.15) is 51.5 Å². The lowest BCUT2D eigenvalue weighted by atomic mass is 9.71. The number of urea groups is 1. The number of nitriles is 2. The third kappa shape index (κ3) is 5.83. The summed E-state index contributed by atoms with van der Waals surface area (Å²) < 4.78 is 24.6. The molecule has 4 unspecified atom stereocenters. The number of ether oxygens (including phenoxy) is 2. The number of benzene rings is 4. The summed E-state index contributed by atoms with van der Waals surface area (Å²) in [6.45, 7) is 1.38. The van der Waals surface area contributed by atoms with Crippen molar-refractivity contribution in [2.75, 3.05) is 19.5 Å². The Morgan fingerprint density at radius 1 is 0.830 bits per heavy atom. The number of carboxylic acids is 1. The zero-order chi connectivity index (χ0) is 33.9. The minimum absolute atomic E-state index is 0.201. The molecule has 1 aliphatic rings. The summed E-state index contributed by atoms with van der Waals surface area (Å²) in [5.74, 6) is -4.11. The van der Waals surface area contributed by atoms with Gasteiger partial charge in [-0.25, -0.2) is 14.0 Å². The summed E-state index contributed by atoms with van der Waals surface area (Å²) in [7, 11) is 2.88. The van der Waals surface area contributed by atoms with E-state index in [0.717, 1.165) is 17.0 Å². The first-order valence-electron chi connectivity index (χ1n) is 14.4. The van der Waals surface area contributed by atoms with E-state index < -0.39 is 47.0 Å². The Morgan fingerprint density at radius 2 is 1.38 bits per heavy atom. The Hall–Kier alpha value is -6.20. The van der Waals surface area contributed by atoms with E-state index in [-0.39, 0.29) is 17.0 Å². The molecule has 1 fully saturated rings. The van der Waals surface area contributed by atoms with Crippen LogP contribution in [0.15, 0.2) is 91.0 Å². The molecule has 47 heavy (non-hydrogen) atoms. The molecule has 236 valence electrons. The third-order valence-corrected chi connectivity index (χ3v) is 8.58. The van der Waals surface area contributed by atoms with Crippen molar-refractivity contribution in [3.63, 3.8) is 0 Å². The molecule has 0 bridgehead atoms. The number of carboxylic acid groups (broad SMARTS) is 1. The number of nitrogens with zero attached hydrogens (tertiary/aromatic N) is 3. The summed E-state index contributed by atoms with van der Waals surface area (Å²) in [4.78, 5) is 43.7. The van der Waals surface area contributed by atoms with Crippen LogP contribution >= 0.6 is 0 Å². The number of hydrogen-bond donors (Lipinski definition) is 2. The van der Waals surface area contributed by atoms with Crippen molar-refractivity contribution in [3.8, 4) is 23.6 Å². The van der Waals surface area contributed by atoms with E-state index in [1.807, 2.05) is 12.1 Å². The van der Waals surface area contributed by atoms with Crippen molar-refractivity contribution >= 4 is 23.5 Å². The molecule has 10 nitrogen and oxygen atoms in total. The van der Waals surface area contributed by atoms with Gasteiger partial charge in [0.1, 0.15) is 11.4 Å². The SMILES string of the molecule is COc1ccc(C2C(C(=O)c3ccc(C#N)cc3)C(c3ccc(C#N)cc3)N(C(=O)Nc3ccc(F)cc3)C2(C)C(=O)O)cc1OC. The van der Waals surface area contributed by atoms with Crippen LogP contribution in [-0.2, 0) is 4.79 Å². The highest BCUT2D eigenvalue weighted by Crippen LogP contribution is 2.57. The number of amides is 2. The molecule has 0 aliphatic carbocycles. The molecular weight excluding hydrogens is 603 g/mol. The van der Waals surface area contributed by atoms with Crippen molar-refractivity contribution in [1.82, 2.24) is 4.90 Å². The van der Waals surface area contributed by atoms with Crippen LogP contribution in [0.5, 0.6) is 11.5 Å². The van der Waals surface area contributed by atoms with Crippen LogP contribution in [-0.4, -0.2) is 47.5 Å². The molecule has 4 atom stereocenters. The summed E-state index contributed by atoms with van der Waals surface area (Å²) >= 11 is 0. The molecule has 5 rings (SSSR count). The summed E-state index contributed by atoms with van der Waals surface area (Å²) in [6, 6.07) is 24.0. The fraction of sp³-hybridized carbons (Fsp3) is 0.194. The van der Waals surface area contributed by atoms with Crippen LogP contribution < -0.4 is 14.8 Å². The van der Waals surface area contributed by atoms with E-state index in [1.165, 1.54) is 69.7 Å². The highest BCUT2D eigenvalue weighted by molar-refractivity contribution is 6.03. The molecule has 1 heterocycles. The number of ketones is 1. The van der Waals surface area contributed by atoms with Crippen molar-refractivity contribution in [2.45, 2.75) is 24.4 Å². The van der Waals surface area contributed by atoms with Gasteiger partial charge in [-0.3, -0.25) is 9.69 Å². The van der Waals surface area contributed by atoms with E-state index in [9.17, 15) is 34.4 Å². The van der Waals surface area contributed by atoms with Gasteiger partial charge in [0, 0.05) is 17.2 Å². The standard InChI is InChI=1S/C36H29FN4O6/c1-36(34(43)44)31(25-12-17-28(46-2)29(18-25)47-3)30(33(42)24-10-6-22(20-39)7-11-24)32(23-8-4-21(19-38)5-9-23)41(36)35(45)40-27-15-13-26(37)14-16-27/h4-18,30-32H,1-3H3,(H,40,45)(H,43,44). The van der Waals surface area contributed by atoms with E-state index in [4.69, 9.17) is 9.47 Å². The van der Waals surface area contributed by atoms with Crippen molar-refractivity contribution in [1.29, 1.82) is 10.5 Å². The van der Waals surface area contributed by atoms with E-state index in [2.05, 4.69) is 5.32 Å². The molecule has 4 aromatic rings. The Balaban J connectivity index is 1.80. The maximum atomic E-state index is 14.7. The van der Waals surface area contributed by atoms with Gasteiger partial charge in [-0.2, -0.15) is 10.5 Å². The lowest BCUT2D eigenvalue weighted by Crippen LogP contribution is -2.55. The van der Waals surface area contributed by atoms with Gasteiger partial charge in [-0.15, -0.1) is 0 Å². The number of aliphatic carboxylic acids is 1. The topological polar surface area (TPSA) is 153 Å². The van der Waals surface area contributed by atoms with Crippen LogP contribution in [0.2, 0.25) is 0 Å². The molecule has 2 amide bonds. The highest BCUT2D eigenvalue weighted by Gasteiger charge is 2.65. The number of nitrogens with one attached hydrogen (secondary N) is 1. The second-order valence-electron chi connectivity index (χ2n) is 11.1. The molecule has 2 N–H and O–H groups in total. The molecule has 0 aromatic heterocycles. The zero-order valence-electron chi connectivity index (χ0n) is 25.6. The molecule has 1 saturated heterocycles. The number of likely N-dealkylation sites (tertiary alicyclic amines) is 1. The lowest BCUT2D eigenvalue weighted by Gasteiger charge is -2.37. The lowest BCUT2D eigenvalue weighted by molar-refractivity contribution is -0.148. The van der Waals surface area contributed by atoms with Gasteiger partial charge in [-0.1, -0.05) is 30.3 Å². The molecule has 4 aromatic carbocycles. The van der Waals surface area contributed by atoms with Crippen LogP contribution in [0, 0.1) is 34.4 Å². The molecule has 0 radical (unpaired) electrons. The zero-order valence-corrected chi connectivity index (χ0v) is 25.6. The van der Waals surface area contributed by atoms with E-state index in [0.29, 0.717) is 28.0 Å². The first-order valence-corrected chi connectivity index (χ1v) is 14.4. The largest absolute Gasteiger partial charge is 0.493 e. The number of carbonyl (C=O) groups is 3. The van der Waals surface area contributed by atoms with Crippen molar-refractivity contribution < 1.29 is 33.4 Å². The average molecular weight is 633 g/mol. The maximum absolute atomic E-state index is 14.7. The van der Waals surface area contributed by atoms with Crippen LogP contribution in [0.3, 0.4) is 0 Å². The monoisotopic (exact) mass is 632 g/mol. The van der Waals surface area contributed by atoms with Gasteiger partial charge in [0.2, 0.25) is 0 Å². The predicted molar refractivity (Wildman–Crippen MR) is 168 cm³/mol. The number of methoxy groups -OCH3 is 2. The minimum Gasteiger partial charge on any atom is -0.493 e. The summed E-state index contributed by atoms with van der Waals surface area (Å²) in [5, 5.41) is 32.5. The average Bonchev–Trinajstić information content (AvgIpc) is 3.38. The predicted octanol–water partition coefficient (Wildman–Crippen LogP) is 6.30. The summed E-state index contributed by atoms with van der Waals surface area (Å²) in [6.07, 6.45) is 0. The minimum atomic E-state index is -2.06. The number of hydrogen-bond acceptors (Lipinski definition) is 7. The second kappa shape index (κ2) is 13.0. The van der Waals surface area contributed by atoms with Crippen LogP contribution in [0.4, 0.5) is 14.9 Å². The smallest absolute Gasteiger partial charge is 0.330 e. The Bertz CT molecular complexity index is 1920. The Kier molecular flexibility index (Phi) is 8.93. The quantitative estimate of drug-likeness (QED) is 0.215. The van der Waals surface area contributed by atoms with Gasteiger partial charge in [0.25, 0.3) is 0 Å². The normalized spacial score (nSPS) is 20.0. The first kappa shape index (κ1) is 32.2. The van der Waals surface area contributed by atoms with Crippen molar-refractivity contribution in [3.05, 3.63) is 125 Å². The van der Waals surface area contributed by atoms with Gasteiger partial charge in [0.15, 0.2) is 17.3 Å². The van der Waals surface area contributed by atoms with Crippen LogP contribution in [0.25, 0.3) is 0 Å². The fourth-order valence-corrected chi connectivity index (χ4v) is 6.31. The van der Waals surface area contributed by atoms with Gasteiger partial charge < -0.3 is 19.9 Å². The molecule has 0 saturated carbocycles. The number of anilines is 1. The van der Waals surface area contributed by atoms with Gasteiger partial charge in [0.05, 0.1) is 49.4 Å². The highest BCUT2D eigenvalue weighted by atomic mass is 19.1. The molecule has 1 aliphatic heterocycles. The maximum Gasteiger partial charge on any atom is 0.330 e.